The molecule has 0 saturated carbocycles. The Hall–Kier alpha value is -2.66. The molecule has 0 saturated heterocycles. The van der Waals surface area contributed by atoms with Gasteiger partial charge in [0.1, 0.15) is 16.9 Å². The van der Waals surface area contributed by atoms with Crippen molar-refractivity contribution in [2.45, 2.75) is 25.4 Å². The largest absolute Gasteiger partial charge is 0.416 e. The van der Waals surface area contributed by atoms with Crippen molar-refractivity contribution < 1.29 is 22.8 Å². The molecule has 26 heavy (non-hydrogen) atoms. The number of anilines is 1. The van der Waals surface area contributed by atoms with E-state index in [-0.39, 0.29) is 17.8 Å². The molecular weight excluding hydrogens is 365 g/mol. The topological polar surface area (TPSA) is 61.2 Å². The molecule has 1 amide bonds. The molecule has 0 spiro atoms. The number of nitriles is 1. The molecular formula is C18H13F3N2O2S. The van der Waals surface area contributed by atoms with Gasteiger partial charge < -0.3 is 4.90 Å². The van der Waals surface area contributed by atoms with E-state index in [4.69, 9.17) is 0 Å². The summed E-state index contributed by atoms with van der Waals surface area (Å²) in [5, 5.41) is 9.88. The molecule has 1 aliphatic carbocycles. The summed E-state index contributed by atoms with van der Waals surface area (Å²) in [7, 11) is 1.47. The first-order valence-corrected chi connectivity index (χ1v) is 8.55. The Morgan fingerprint density at radius 1 is 1.23 bits per heavy atom. The lowest BCUT2D eigenvalue weighted by Crippen LogP contribution is -2.26. The number of carbonyl (C=O) groups excluding carboxylic acids is 2. The van der Waals surface area contributed by atoms with Crippen LogP contribution in [0.2, 0.25) is 0 Å². The van der Waals surface area contributed by atoms with Crippen molar-refractivity contribution in [2.75, 3.05) is 11.9 Å². The summed E-state index contributed by atoms with van der Waals surface area (Å²) in [6, 6.07) is 6.03. The number of hydrogen-bond donors (Lipinski definition) is 0. The van der Waals surface area contributed by atoms with E-state index in [2.05, 4.69) is 6.07 Å². The van der Waals surface area contributed by atoms with Crippen LogP contribution < -0.4 is 4.90 Å². The second-order valence-corrected chi connectivity index (χ2v) is 7.03. The SMILES string of the molecule is CN(C(=O)c1ccc(C(F)(F)F)cc1)c1sc2c(c1C#N)CCC(=O)C2. The quantitative estimate of drug-likeness (QED) is 0.794. The molecule has 3 rings (SSSR count). The molecule has 4 nitrogen and oxygen atoms in total. The van der Waals surface area contributed by atoms with E-state index in [1.54, 1.807) is 0 Å². The molecule has 0 N–H and O–H groups in total. The predicted octanol–water partition coefficient (Wildman–Crippen LogP) is 3.97. The summed E-state index contributed by atoms with van der Waals surface area (Å²) in [5.41, 5.74) is 0.408. The van der Waals surface area contributed by atoms with Gasteiger partial charge in [0.15, 0.2) is 0 Å². The zero-order valence-electron chi connectivity index (χ0n) is 13.7. The number of benzene rings is 1. The Kier molecular flexibility index (Phi) is 4.59. The van der Waals surface area contributed by atoms with Crippen LogP contribution in [0.4, 0.5) is 18.2 Å². The molecule has 1 heterocycles. The number of halogens is 3. The highest BCUT2D eigenvalue weighted by Crippen LogP contribution is 2.39. The van der Waals surface area contributed by atoms with Crippen LogP contribution in [0.1, 0.15) is 38.3 Å². The first-order chi connectivity index (χ1) is 12.2. The normalized spacial score (nSPS) is 13.9. The summed E-state index contributed by atoms with van der Waals surface area (Å²) < 4.78 is 37.9. The summed E-state index contributed by atoms with van der Waals surface area (Å²) in [6.07, 6.45) is -3.39. The number of thiophene rings is 1. The van der Waals surface area contributed by atoms with Crippen molar-refractivity contribution >= 4 is 28.0 Å². The highest BCUT2D eigenvalue weighted by Gasteiger charge is 2.31. The monoisotopic (exact) mass is 378 g/mol. The lowest BCUT2D eigenvalue weighted by atomic mass is 9.95. The standard InChI is InChI=1S/C18H13F3N2O2S/c1-23(16(25)10-2-4-11(5-3-10)18(19,20)21)17-14(9-22)13-7-6-12(24)8-15(13)26-17/h2-5H,6-8H2,1H3. The Morgan fingerprint density at radius 2 is 1.88 bits per heavy atom. The van der Waals surface area contributed by atoms with Gasteiger partial charge in [-0.2, -0.15) is 18.4 Å². The van der Waals surface area contributed by atoms with E-state index < -0.39 is 17.6 Å². The lowest BCUT2D eigenvalue weighted by molar-refractivity contribution is -0.137. The number of nitrogens with zero attached hydrogens (tertiary/aromatic N) is 2. The summed E-state index contributed by atoms with van der Waals surface area (Å²) in [4.78, 5) is 26.3. The Labute approximate surface area is 151 Å². The average molecular weight is 378 g/mol. The predicted molar refractivity (Wildman–Crippen MR) is 90.2 cm³/mol. The van der Waals surface area contributed by atoms with Crippen LogP contribution in [0.3, 0.4) is 0 Å². The molecule has 134 valence electrons. The van der Waals surface area contributed by atoms with Crippen molar-refractivity contribution in [3.8, 4) is 6.07 Å². The summed E-state index contributed by atoms with van der Waals surface area (Å²) >= 11 is 1.21. The van der Waals surface area contributed by atoms with E-state index in [0.717, 1.165) is 34.7 Å². The Bertz CT molecular complexity index is 924. The van der Waals surface area contributed by atoms with Crippen LogP contribution >= 0.6 is 11.3 Å². The number of Topliss-reactive ketones (excluding diaryl/α,β-unsaturated/α-hetero) is 1. The molecule has 0 fully saturated rings. The number of alkyl halides is 3. The van der Waals surface area contributed by atoms with Crippen LogP contribution in [-0.2, 0) is 23.8 Å². The molecule has 1 aromatic heterocycles. The second kappa shape index (κ2) is 6.57. The molecule has 0 unspecified atom stereocenters. The lowest BCUT2D eigenvalue weighted by Gasteiger charge is -2.16. The van der Waals surface area contributed by atoms with Crippen LogP contribution in [0.25, 0.3) is 0 Å². The van der Waals surface area contributed by atoms with E-state index in [0.29, 0.717) is 23.4 Å². The summed E-state index contributed by atoms with van der Waals surface area (Å²) in [6.45, 7) is 0. The fourth-order valence-corrected chi connectivity index (χ4v) is 4.16. The molecule has 2 aromatic rings. The minimum atomic E-state index is -4.47. The highest BCUT2D eigenvalue weighted by atomic mass is 32.1. The van der Waals surface area contributed by atoms with Crippen molar-refractivity contribution in [1.82, 2.24) is 0 Å². The molecule has 0 radical (unpaired) electrons. The van der Waals surface area contributed by atoms with Gasteiger partial charge in [0.05, 0.1) is 11.1 Å². The van der Waals surface area contributed by atoms with Gasteiger partial charge in [0, 0.05) is 30.3 Å². The molecule has 0 bridgehead atoms. The fraction of sp³-hybridized carbons (Fsp3) is 0.278. The third kappa shape index (κ3) is 3.22. The highest BCUT2D eigenvalue weighted by molar-refractivity contribution is 7.17. The zero-order chi connectivity index (χ0) is 19.1. The number of hydrogen-bond acceptors (Lipinski definition) is 4. The van der Waals surface area contributed by atoms with Gasteiger partial charge in [0.2, 0.25) is 0 Å². The molecule has 1 aromatic carbocycles. The maximum Gasteiger partial charge on any atom is 0.416 e. The van der Waals surface area contributed by atoms with Gasteiger partial charge in [-0.25, -0.2) is 0 Å². The van der Waals surface area contributed by atoms with E-state index >= 15 is 0 Å². The minimum absolute atomic E-state index is 0.0894. The Morgan fingerprint density at radius 3 is 2.46 bits per heavy atom. The van der Waals surface area contributed by atoms with Gasteiger partial charge in [-0.1, -0.05) is 0 Å². The zero-order valence-corrected chi connectivity index (χ0v) is 14.5. The van der Waals surface area contributed by atoms with E-state index in [1.165, 1.54) is 23.3 Å². The third-order valence-electron chi connectivity index (χ3n) is 4.26. The number of fused-ring (bicyclic) bond motifs is 1. The summed E-state index contributed by atoms with van der Waals surface area (Å²) in [5.74, 6) is -0.424. The second-order valence-electron chi connectivity index (χ2n) is 5.95. The number of carbonyl (C=O) groups is 2. The number of rotatable bonds is 2. The van der Waals surface area contributed by atoms with Crippen molar-refractivity contribution in [2.24, 2.45) is 0 Å². The van der Waals surface area contributed by atoms with Crippen LogP contribution in [-0.4, -0.2) is 18.7 Å². The van der Waals surface area contributed by atoms with E-state index in [1.807, 2.05) is 0 Å². The van der Waals surface area contributed by atoms with Crippen LogP contribution in [0, 0.1) is 11.3 Å². The van der Waals surface area contributed by atoms with Crippen molar-refractivity contribution in [1.29, 1.82) is 5.26 Å². The number of ketones is 1. The molecule has 0 aliphatic heterocycles. The fourth-order valence-electron chi connectivity index (χ4n) is 2.88. The number of amides is 1. The van der Waals surface area contributed by atoms with Crippen LogP contribution in [0.5, 0.6) is 0 Å². The van der Waals surface area contributed by atoms with Gasteiger partial charge in [-0.05, 0) is 36.2 Å². The molecule has 1 aliphatic rings. The van der Waals surface area contributed by atoms with E-state index in [9.17, 15) is 28.0 Å². The Balaban J connectivity index is 1.92. The maximum atomic E-state index is 12.6. The molecule has 8 heteroatoms. The molecule has 0 atom stereocenters. The van der Waals surface area contributed by atoms with Crippen molar-refractivity contribution in [3.63, 3.8) is 0 Å². The van der Waals surface area contributed by atoms with Gasteiger partial charge >= 0.3 is 6.18 Å². The first-order valence-electron chi connectivity index (χ1n) is 7.74. The minimum Gasteiger partial charge on any atom is -0.302 e. The maximum absolute atomic E-state index is 12.6. The van der Waals surface area contributed by atoms with Gasteiger partial charge in [-0.15, -0.1) is 11.3 Å². The average Bonchev–Trinajstić information content (AvgIpc) is 2.97. The smallest absolute Gasteiger partial charge is 0.302 e. The van der Waals surface area contributed by atoms with Crippen LogP contribution in [0.15, 0.2) is 24.3 Å². The van der Waals surface area contributed by atoms with Gasteiger partial charge in [-0.3, -0.25) is 9.59 Å². The first kappa shape index (κ1) is 18.1. The van der Waals surface area contributed by atoms with Gasteiger partial charge in [0.25, 0.3) is 5.91 Å². The van der Waals surface area contributed by atoms with Crippen molar-refractivity contribution in [3.05, 3.63) is 51.4 Å². The third-order valence-corrected chi connectivity index (χ3v) is 5.57.